The van der Waals surface area contributed by atoms with Gasteiger partial charge in [0.05, 0.1) is 6.04 Å². The molecule has 1 aliphatic heterocycles. The Bertz CT molecular complexity index is 362. The second kappa shape index (κ2) is 6.89. The number of nitrogens with one attached hydrogen (secondary N) is 1. The molecule has 5 nitrogen and oxygen atoms in total. The van der Waals surface area contributed by atoms with E-state index >= 15 is 0 Å². The van der Waals surface area contributed by atoms with Crippen molar-refractivity contribution in [3.8, 4) is 0 Å². The van der Waals surface area contributed by atoms with Crippen LogP contribution < -0.4 is 5.32 Å². The first-order chi connectivity index (χ1) is 9.29. The number of hydrogen-bond acceptors (Lipinski definition) is 3. The first-order valence-corrected chi connectivity index (χ1v) is 7.00. The zero-order chi connectivity index (χ0) is 15.4. The summed E-state index contributed by atoms with van der Waals surface area (Å²) in [6, 6.07) is -0.724. The van der Waals surface area contributed by atoms with Crippen molar-refractivity contribution in [3.05, 3.63) is 0 Å². The first-order valence-electron chi connectivity index (χ1n) is 7.58. The summed E-state index contributed by atoms with van der Waals surface area (Å²) < 4.78 is 7.97. The third kappa shape index (κ3) is 3.93. The van der Waals surface area contributed by atoms with E-state index in [2.05, 4.69) is 5.32 Å². The zero-order valence-corrected chi connectivity index (χ0v) is 12.6. The quantitative estimate of drug-likeness (QED) is 0.806. The van der Waals surface area contributed by atoms with Gasteiger partial charge < -0.3 is 10.2 Å². The van der Waals surface area contributed by atoms with E-state index in [1.54, 1.807) is 23.6 Å². The van der Waals surface area contributed by atoms with Crippen molar-refractivity contribution in [2.45, 2.75) is 58.2 Å². The number of carbonyl (C=O) groups is 2. The van der Waals surface area contributed by atoms with Crippen molar-refractivity contribution < 1.29 is 11.0 Å². The van der Waals surface area contributed by atoms with Crippen LogP contribution in [0.15, 0.2) is 0 Å². The van der Waals surface area contributed by atoms with Gasteiger partial charge in [0.15, 0.2) is 0 Å². The molecule has 2 amide bonds. The molecule has 0 aromatic carbocycles. The highest BCUT2D eigenvalue weighted by Crippen LogP contribution is 2.20. The minimum atomic E-state index is -0.579. The van der Waals surface area contributed by atoms with Crippen LogP contribution in [0.5, 0.6) is 0 Å². The Morgan fingerprint density at radius 1 is 1.47 bits per heavy atom. The van der Waals surface area contributed by atoms with E-state index < -0.39 is 12.6 Å². The second-order valence-electron chi connectivity index (χ2n) is 5.44. The molecule has 5 heteroatoms. The van der Waals surface area contributed by atoms with Crippen LogP contribution in [0, 0.1) is 0 Å². The molecule has 19 heavy (non-hydrogen) atoms. The van der Waals surface area contributed by atoms with Crippen molar-refractivity contribution in [2.24, 2.45) is 0 Å². The third-order valence-electron chi connectivity index (χ3n) is 3.83. The smallest absolute Gasteiger partial charge is 0.245 e. The molecule has 1 saturated heterocycles. The Kier molecular flexibility index (Phi) is 5.19. The highest BCUT2D eigenvalue weighted by atomic mass is 16.2. The van der Waals surface area contributed by atoms with Crippen LogP contribution in [0.2, 0.25) is 0 Å². The fourth-order valence-corrected chi connectivity index (χ4v) is 2.22. The van der Waals surface area contributed by atoms with Crippen molar-refractivity contribution >= 4 is 11.8 Å². The minimum absolute atomic E-state index is 0.135. The number of hydrogen-bond donors (Lipinski definition) is 1. The maximum atomic E-state index is 12.4. The van der Waals surface area contributed by atoms with Gasteiger partial charge in [0.1, 0.15) is 6.04 Å². The average Bonchev–Trinajstić information content (AvgIpc) is 2.77. The molecule has 0 spiro atoms. The summed E-state index contributed by atoms with van der Waals surface area (Å²) >= 11 is 0. The largest absolute Gasteiger partial charge is 0.343 e. The lowest BCUT2D eigenvalue weighted by molar-refractivity contribution is -0.137. The van der Waals surface area contributed by atoms with Gasteiger partial charge in [0, 0.05) is 13.9 Å². The van der Waals surface area contributed by atoms with E-state index in [-0.39, 0.29) is 23.9 Å². The standard InChI is InChI=1S/C14H27N3O2/c1-6-12-8-7-9-17(12)14(19)10(2)15-13(18)11(3)16(4)5/h10-12H,6-9H2,1-5H3,(H,15,18)/t10-,11?,12-/m0/s1/i9T/t9-,10+,11?,12+/m1. The Morgan fingerprint density at radius 3 is 2.63 bits per heavy atom. The molecule has 0 aliphatic carbocycles. The van der Waals surface area contributed by atoms with Gasteiger partial charge in [0.2, 0.25) is 11.8 Å². The SMILES string of the molecule is [3H][C@@H]1CC[C@H](CC)N1C(=O)[C@H](C)NC(=O)C(C)N(C)C. The molecule has 0 radical (unpaired) electrons. The molecule has 1 unspecified atom stereocenters. The summed E-state index contributed by atoms with van der Waals surface area (Å²) in [5.41, 5.74) is 0. The molecule has 1 rings (SSSR count). The van der Waals surface area contributed by atoms with Gasteiger partial charge in [-0.1, -0.05) is 6.92 Å². The van der Waals surface area contributed by atoms with E-state index in [1.807, 2.05) is 21.0 Å². The van der Waals surface area contributed by atoms with Crippen LogP contribution in [0.4, 0.5) is 0 Å². The summed E-state index contributed by atoms with van der Waals surface area (Å²) in [6.45, 7) is 5.05. The van der Waals surface area contributed by atoms with Crippen LogP contribution in [-0.4, -0.2) is 60.4 Å². The maximum Gasteiger partial charge on any atom is 0.245 e. The molecule has 0 aromatic heterocycles. The molecule has 0 bridgehead atoms. The molecule has 1 aliphatic rings. The van der Waals surface area contributed by atoms with Gasteiger partial charge in [-0.15, -0.1) is 0 Å². The first kappa shape index (κ1) is 14.3. The van der Waals surface area contributed by atoms with Crippen molar-refractivity contribution in [1.82, 2.24) is 15.1 Å². The Hall–Kier alpha value is -1.10. The number of likely N-dealkylation sites (tertiary alicyclic amines) is 1. The Balaban J connectivity index is 2.65. The molecule has 1 N–H and O–H groups in total. The van der Waals surface area contributed by atoms with E-state index in [0.717, 1.165) is 19.3 Å². The number of likely N-dealkylation sites (N-methyl/N-ethyl adjacent to an activating group) is 1. The predicted octanol–water partition coefficient (Wildman–Crippen LogP) is 0.842. The minimum Gasteiger partial charge on any atom is -0.343 e. The molecule has 4 atom stereocenters. The van der Waals surface area contributed by atoms with Crippen LogP contribution in [0.25, 0.3) is 0 Å². The highest BCUT2D eigenvalue weighted by molar-refractivity contribution is 5.89. The van der Waals surface area contributed by atoms with E-state index in [4.69, 9.17) is 1.37 Å². The molecule has 1 fully saturated rings. The van der Waals surface area contributed by atoms with Crippen molar-refractivity contribution in [3.63, 3.8) is 0 Å². The Morgan fingerprint density at radius 2 is 2.11 bits per heavy atom. The molecule has 0 aromatic rings. The van der Waals surface area contributed by atoms with Gasteiger partial charge in [-0.05, 0) is 47.2 Å². The average molecular weight is 271 g/mol. The number of amides is 2. The number of carbonyl (C=O) groups excluding carboxylic acids is 2. The van der Waals surface area contributed by atoms with Gasteiger partial charge in [0.25, 0.3) is 0 Å². The summed E-state index contributed by atoms with van der Waals surface area (Å²) in [6.07, 6.45) is 2.46. The monoisotopic (exact) mass is 271 g/mol. The zero-order valence-electron chi connectivity index (χ0n) is 13.6. The van der Waals surface area contributed by atoms with E-state index in [0.29, 0.717) is 0 Å². The summed E-state index contributed by atoms with van der Waals surface area (Å²) in [7, 11) is 3.65. The lowest BCUT2D eigenvalue weighted by atomic mass is 10.1. The van der Waals surface area contributed by atoms with Crippen LogP contribution >= 0.6 is 0 Å². The molecule has 110 valence electrons. The predicted molar refractivity (Wildman–Crippen MR) is 75.8 cm³/mol. The lowest BCUT2D eigenvalue weighted by Gasteiger charge is -2.28. The van der Waals surface area contributed by atoms with Crippen molar-refractivity contribution in [1.29, 1.82) is 0 Å². The van der Waals surface area contributed by atoms with E-state index in [9.17, 15) is 9.59 Å². The van der Waals surface area contributed by atoms with Gasteiger partial charge in [-0.2, -0.15) is 0 Å². The fourth-order valence-electron chi connectivity index (χ4n) is 2.22. The fraction of sp³-hybridized carbons (Fsp3) is 0.857. The van der Waals surface area contributed by atoms with Crippen LogP contribution in [0.3, 0.4) is 0 Å². The molecule has 0 saturated carbocycles. The highest BCUT2D eigenvalue weighted by Gasteiger charge is 2.31. The Labute approximate surface area is 117 Å². The number of nitrogens with zero attached hydrogens (tertiary/aromatic N) is 2. The molecular weight excluding hydrogens is 242 g/mol. The van der Waals surface area contributed by atoms with E-state index in [1.165, 1.54) is 0 Å². The van der Waals surface area contributed by atoms with Gasteiger partial charge >= 0.3 is 0 Å². The summed E-state index contributed by atoms with van der Waals surface area (Å²) in [5.74, 6) is -0.307. The third-order valence-corrected chi connectivity index (χ3v) is 3.83. The van der Waals surface area contributed by atoms with Crippen LogP contribution in [-0.2, 0) is 9.59 Å². The molecular formula is C14H27N3O2. The topological polar surface area (TPSA) is 52.7 Å². The summed E-state index contributed by atoms with van der Waals surface area (Å²) in [4.78, 5) is 27.8. The van der Waals surface area contributed by atoms with Gasteiger partial charge in [-0.3, -0.25) is 14.5 Å². The maximum absolute atomic E-state index is 12.4. The normalized spacial score (nSPS) is 27.1. The number of rotatable bonds is 5. The lowest BCUT2D eigenvalue weighted by Crippen LogP contribution is -2.52. The summed E-state index contributed by atoms with van der Waals surface area (Å²) in [5, 5.41) is 2.75. The van der Waals surface area contributed by atoms with Crippen LogP contribution in [0.1, 0.15) is 41.4 Å². The second-order valence-corrected chi connectivity index (χ2v) is 5.44. The van der Waals surface area contributed by atoms with Gasteiger partial charge in [-0.25, -0.2) is 0 Å². The van der Waals surface area contributed by atoms with Crippen molar-refractivity contribution in [2.75, 3.05) is 20.6 Å². The molecule has 1 heterocycles.